The second-order valence-corrected chi connectivity index (χ2v) is 9.58. The fraction of sp³-hybridized carbons (Fsp3) is 0.333. The molecule has 176 valence electrons. The molecule has 0 saturated carbocycles. The number of urea groups is 1. The highest BCUT2D eigenvalue weighted by Crippen LogP contribution is 2.40. The third-order valence-electron chi connectivity index (χ3n) is 4.79. The van der Waals surface area contributed by atoms with Gasteiger partial charge >= 0.3 is 12.1 Å². The van der Waals surface area contributed by atoms with Crippen LogP contribution in [0.1, 0.15) is 32.0 Å². The molecule has 0 radical (unpaired) electrons. The summed E-state index contributed by atoms with van der Waals surface area (Å²) in [6.07, 6.45) is 3.04. The summed E-state index contributed by atoms with van der Waals surface area (Å²) < 4.78 is 7.05. The first kappa shape index (κ1) is 23.3. The number of nitrogens with one attached hydrogen (secondary N) is 3. The molecular formula is C24H26N6O3S. The molecule has 1 aliphatic carbocycles. The molecule has 0 unspecified atom stereocenters. The summed E-state index contributed by atoms with van der Waals surface area (Å²) in [7, 11) is 0. The molecule has 0 spiro atoms. The van der Waals surface area contributed by atoms with Crippen molar-refractivity contribution in [2.75, 3.05) is 18.4 Å². The van der Waals surface area contributed by atoms with E-state index in [9.17, 15) is 9.59 Å². The van der Waals surface area contributed by atoms with Gasteiger partial charge in [0.25, 0.3) is 0 Å². The van der Waals surface area contributed by atoms with E-state index in [1.54, 1.807) is 20.8 Å². The van der Waals surface area contributed by atoms with Crippen LogP contribution in [0.15, 0.2) is 36.5 Å². The Morgan fingerprint density at radius 3 is 2.59 bits per heavy atom. The molecule has 34 heavy (non-hydrogen) atoms. The van der Waals surface area contributed by atoms with Crippen molar-refractivity contribution in [1.82, 2.24) is 25.4 Å². The van der Waals surface area contributed by atoms with Gasteiger partial charge in [0.15, 0.2) is 5.13 Å². The topological polar surface area (TPSA) is 110 Å². The summed E-state index contributed by atoms with van der Waals surface area (Å²) in [4.78, 5) is 29.5. The summed E-state index contributed by atoms with van der Waals surface area (Å²) in [6, 6.07) is 9.57. The first-order chi connectivity index (χ1) is 16.3. The number of ether oxygens (including phenoxy) is 1. The Hall–Kier alpha value is -3.84. The summed E-state index contributed by atoms with van der Waals surface area (Å²) in [5, 5.41) is 13.1. The van der Waals surface area contributed by atoms with Gasteiger partial charge in [-0.1, -0.05) is 41.4 Å². The van der Waals surface area contributed by atoms with Crippen molar-refractivity contribution in [2.24, 2.45) is 0 Å². The van der Waals surface area contributed by atoms with Gasteiger partial charge < -0.3 is 15.4 Å². The molecule has 0 aliphatic heterocycles. The van der Waals surface area contributed by atoms with Gasteiger partial charge in [0, 0.05) is 0 Å². The maximum atomic E-state index is 12.3. The zero-order chi connectivity index (χ0) is 24.1. The number of amides is 3. The summed E-state index contributed by atoms with van der Waals surface area (Å²) in [5.74, 6) is 5.55. The van der Waals surface area contributed by atoms with Gasteiger partial charge in [0.05, 0.1) is 41.2 Å². The van der Waals surface area contributed by atoms with Crippen molar-refractivity contribution in [2.45, 2.75) is 39.2 Å². The molecule has 2 aromatic heterocycles. The number of anilines is 1. The lowest BCUT2D eigenvalue weighted by Gasteiger charge is -2.19. The van der Waals surface area contributed by atoms with Crippen LogP contribution < -0.4 is 16.0 Å². The van der Waals surface area contributed by atoms with Gasteiger partial charge in [-0.15, -0.1) is 0 Å². The molecule has 10 heteroatoms. The molecule has 9 nitrogen and oxygen atoms in total. The highest BCUT2D eigenvalue weighted by molar-refractivity contribution is 7.19. The van der Waals surface area contributed by atoms with E-state index in [-0.39, 0.29) is 13.1 Å². The zero-order valence-corrected chi connectivity index (χ0v) is 20.1. The zero-order valence-electron chi connectivity index (χ0n) is 19.3. The van der Waals surface area contributed by atoms with E-state index in [0.29, 0.717) is 5.13 Å². The Bertz CT molecular complexity index is 1250. The average molecular weight is 479 g/mol. The van der Waals surface area contributed by atoms with Gasteiger partial charge in [-0.25, -0.2) is 19.3 Å². The number of benzene rings is 1. The minimum Gasteiger partial charge on any atom is -0.444 e. The van der Waals surface area contributed by atoms with E-state index < -0.39 is 17.7 Å². The number of carbonyl (C=O) groups excluding carboxylic acids is 2. The number of hydrogen-bond acceptors (Lipinski definition) is 6. The number of rotatable bonds is 4. The molecule has 3 N–H and O–H groups in total. The quantitative estimate of drug-likeness (QED) is 0.495. The number of aryl methyl sites for hydroxylation is 2. The lowest BCUT2D eigenvalue weighted by molar-refractivity contribution is 0.0535. The van der Waals surface area contributed by atoms with E-state index in [2.05, 4.69) is 37.9 Å². The Labute approximate surface area is 201 Å². The minimum absolute atomic E-state index is 0.134. The van der Waals surface area contributed by atoms with Crippen LogP contribution in [0.4, 0.5) is 14.7 Å². The number of hydrogen-bond donors (Lipinski definition) is 3. The fourth-order valence-electron chi connectivity index (χ4n) is 3.41. The van der Waals surface area contributed by atoms with Gasteiger partial charge in [-0.05, 0) is 51.3 Å². The Morgan fingerprint density at radius 1 is 1.12 bits per heavy atom. The highest BCUT2D eigenvalue weighted by Gasteiger charge is 2.26. The second kappa shape index (κ2) is 9.97. The van der Waals surface area contributed by atoms with Crippen molar-refractivity contribution in [3.63, 3.8) is 0 Å². The second-order valence-electron chi connectivity index (χ2n) is 8.58. The number of para-hydroxylation sites is 1. The molecule has 2 heterocycles. The number of nitrogens with zero attached hydrogens (tertiary/aromatic N) is 3. The van der Waals surface area contributed by atoms with E-state index in [0.717, 1.165) is 34.8 Å². The van der Waals surface area contributed by atoms with Crippen LogP contribution in [0.3, 0.4) is 0 Å². The maximum Gasteiger partial charge on any atom is 0.408 e. The third kappa shape index (κ3) is 5.74. The monoisotopic (exact) mass is 478 g/mol. The van der Waals surface area contributed by atoms with Gasteiger partial charge in [0.1, 0.15) is 5.60 Å². The number of carbonyl (C=O) groups is 2. The van der Waals surface area contributed by atoms with E-state index >= 15 is 0 Å². The molecule has 0 bridgehead atoms. The first-order valence-electron chi connectivity index (χ1n) is 10.9. The van der Waals surface area contributed by atoms with Crippen molar-refractivity contribution >= 4 is 28.6 Å². The third-order valence-corrected chi connectivity index (χ3v) is 5.81. The predicted molar refractivity (Wildman–Crippen MR) is 131 cm³/mol. The molecule has 3 amide bonds. The molecule has 1 aromatic carbocycles. The number of aromatic nitrogens is 3. The molecule has 0 fully saturated rings. The van der Waals surface area contributed by atoms with Crippen LogP contribution in [0.5, 0.6) is 0 Å². The van der Waals surface area contributed by atoms with Crippen LogP contribution in [-0.2, 0) is 17.6 Å². The van der Waals surface area contributed by atoms with Crippen molar-refractivity contribution in [1.29, 1.82) is 0 Å². The van der Waals surface area contributed by atoms with Crippen LogP contribution in [0.2, 0.25) is 0 Å². The number of fused-ring (bicyclic) bond motifs is 3. The molecule has 0 atom stereocenters. The van der Waals surface area contributed by atoms with Crippen molar-refractivity contribution < 1.29 is 14.3 Å². The summed E-state index contributed by atoms with van der Waals surface area (Å²) in [6.45, 7) is 5.63. The Balaban J connectivity index is 1.32. The normalized spacial score (nSPS) is 12.0. The standard InChI is InChI=1S/C24H26N6O3S/c1-24(2,3)33-23(32)26-14-8-7-13-25-21(31)29-22-28-18-12-11-16-15-27-30(19(16)20(18)34-22)17-9-5-4-6-10-17/h4-6,9-10,15H,11-14H2,1-3H3,(H,26,32)(H2,25,28,29,31). The van der Waals surface area contributed by atoms with Crippen molar-refractivity contribution in [3.05, 3.63) is 47.8 Å². The lowest BCUT2D eigenvalue weighted by atomic mass is 10.0. The molecule has 0 saturated heterocycles. The highest BCUT2D eigenvalue weighted by atomic mass is 32.1. The largest absolute Gasteiger partial charge is 0.444 e. The van der Waals surface area contributed by atoms with Crippen molar-refractivity contribution in [3.8, 4) is 28.1 Å². The molecule has 4 rings (SSSR count). The van der Waals surface area contributed by atoms with Gasteiger partial charge in [-0.3, -0.25) is 5.32 Å². The SMILES string of the molecule is CC(C)(C)OC(=O)NCC#CCNC(=O)Nc1nc2c(s1)-c1c(cnn1-c1ccccc1)CC2. The first-order valence-corrected chi connectivity index (χ1v) is 11.7. The number of alkyl carbamates (subject to hydrolysis) is 1. The van der Waals surface area contributed by atoms with E-state index in [4.69, 9.17) is 4.74 Å². The smallest absolute Gasteiger partial charge is 0.408 e. The van der Waals surface area contributed by atoms with Crippen LogP contribution in [-0.4, -0.2) is 45.6 Å². The van der Waals surface area contributed by atoms with Crippen LogP contribution in [0, 0.1) is 11.8 Å². The van der Waals surface area contributed by atoms with Crippen LogP contribution >= 0.6 is 11.3 Å². The number of thiazole rings is 1. The summed E-state index contributed by atoms with van der Waals surface area (Å²) in [5.41, 5.74) is 3.58. The minimum atomic E-state index is -0.561. The Kier molecular flexibility index (Phi) is 6.84. The maximum absolute atomic E-state index is 12.3. The molecular weight excluding hydrogens is 452 g/mol. The lowest BCUT2D eigenvalue weighted by Crippen LogP contribution is -2.32. The molecule has 1 aliphatic rings. The van der Waals surface area contributed by atoms with Gasteiger partial charge in [0.2, 0.25) is 0 Å². The summed E-state index contributed by atoms with van der Waals surface area (Å²) >= 11 is 1.43. The van der Waals surface area contributed by atoms with Gasteiger partial charge in [-0.2, -0.15) is 5.10 Å². The van der Waals surface area contributed by atoms with E-state index in [1.807, 2.05) is 41.2 Å². The Morgan fingerprint density at radius 2 is 1.85 bits per heavy atom. The molecule has 3 aromatic rings. The van der Waals surface area contributed by atoms with Crippen LogP contribution in [0.25, 0.3) is 16.3 Å². The predicted octanol–water partition coefficient (Wildman–Crippen LogP) is 3.74. The average Bonchev–Trinajstić information content (AvgIpc) is 3.39. The fourth-order valence-corrected chi connectivity index (χ4v) is 4.48. The van der Waals surface area contributed by atoms with E-state index in [1.165, 1.54) is 16.9 Å².